The van der Waals surface area contributed by atoms with Gasteiger partial charge in [0.15, 0.2) is 18.0 Å². The highest BCUT2D eigenvalue weighted by atomic mass is 16.7. The predicted octanol–water partition coefficient (Wildman–Crippen LogP) is 1.24. The number of nitrogens with one attached hydrogen (secondary N) is 1. The van der Waals surface area contributed by atoms with Crippen molar-refractivity contribution in [2.24, 2.45) is 0 Å². The maximum absolute atomic E-state index is 12.0. The molecule has 194 valence electrons. The minimum atomic E-state index is -1.37. The quantitative estimate of drug-likeness (QED) is 0.403. The Morgan fingerprint density at radius 2 is 1.50 bits per heavy atom. The van der Waals surface area contributed by atoms with E-state index in [1.54, 1.807) is 31.2 Å². The molecule has 1 fully saturated rings. The van der Waals surface area contributed by atoms with Crippen molar-refractivity contribution in [1.29, 1.82) is 0 Å². The summed E-state index contributed by atoms with van der Waals surface area (Å²) in [5.74, 6) is -1.63. The molecule has 2 aromatic rings. The van der Waals surface area contributed by atoms with E-state index in [9.17, 15) is 19.2 Å². The van der Waals surface area contributed by atoms with Gasteiger partial charge in [-0.1, -0.05) is 12.1 Å². The Bertz CT molecular complexity index is 1120. The molecule has 5 atom stereocenters. The summed E-state index contributed by atoms with van der Waals surface area (Å²) in [6.45, 7) is 6.00. The summed E-state index contributed by atoms with van der Waals surface area (Å²) >= 11 is 0. The molecule has 36 heavy (non-hydrogen) atoms. The van der Waals surface area contributed by atoms with Gasteiger partial charge in [0.05, 0.1) is 5.56 Å². The number of esters is 4. The largest absolute Gasteiger partial charge is 0.463 e. The molecular weight excluding hydrogens is 478 g/mol. The highest BCUT2D eigenvalue weighted by Gasteiger charge is 2.53. The van der Waals surface area contributed by atoms with Crippen molar-refractivity contribution in [3.05, 3.63) is 30.1 Å². The van der Waals surface area contributed by atoms with Crippen molar-refractivity contribution < 1.29 is 47.6 Å². The number of aryl methyl sites for hydroxylation is 1. The molecule has 0 radical (unpaired) electrons. The second-order valence-electron chi connectivity index (χ2n) is 7.93. The summed E-state index contributed by atoms with van der Waals surface area (Å²) in [7, 11) is 0. The molecule has 0 bridgehead atoms. The number of ether oxygens (including phenoxy) is 6. The van der Waals surface area contributed by atoms with Gasteiger partial charge in [0.25, 0.3) is 0 Å². The smallest absolute Gasteiger partial charge is 0.303 e. The number of carbonyl (C=O) groups excluding carboxylic acids is 4. The van der Waals surface area contributed by atoms with Crippen LogP contribution in [-0.4, -0.2) is 76.4 Å². The number of nitrogens with zero attached hydrogens (tertiary/aromatic N) is 2. The number of benzene rings is 1. The number of carbonyl (C=O) groups is 4. The number of para-hydroxylation sites is 1. The van der Waals surface area contributed by atoms with Gasteiger partial charge in [-0.15, -0.1) is 0 Å². The molecule has 13 heteroatoms. The topological polar surface area (TPSA) is 165 Å². The molecule has 1 aromatic heterocycles. The second-order valence-corrected chi connectivity index (χ2v) is 7.93. The lowest BCUT2D eigenvalue weighted by molar-refractivity contribution is -0.288. The Morgan fingerprint density at radius 3 is 2.08 bits per heavy atom. The number of aromatic amines is 1. The van der Waals surface area contributed by atoms with E-state index in [0.29, 0.717) is 17.2 Å². The average Bonchev–Trinajstić information content (AvgIpc) is 3.22. The molecule has 13 nitrogen and oxygen atoms in total. The first-order valence-corrected chi connectivity index (χ1v) is 11.0. The van der Waals surface area contributed by atoms with Crippen molar-refractivity contribution in [1.82, 2.24) is 15.2 Å². The van der Waals surface area contributed by atoms with E-state index >= 15 is 0 Å². The first-order valence-electron chi connectivity index (χ1n) is 11.0. The molecule has 1 N–H and O–H groups in total. The van der Waals surface area contributed by atoms with E-state index in [1.165, 1.54) is 6.92 Å². The monoisotopic (exact) mass is 505 g/mol. The number of hydrogen-bond acceptors (Lipinski definition) is 12. The minimum Gasteiger partial charge on any atom is -0.463 e. The van der Waals surface area contributed by atoms with E-state index < -0.39 is 54.6 Å². The van der Waals surface area contributed by atoms with Crippen LogP contribution >= 0.6 is 0 Å². The van der Waals surface area contributed by atoms with E-state index in [1.807, 2.05) is 0 Å². The molecule has 3 rings (SSSR count). The molecule has 0 aliphatic carbocycles. The number of aromatic nitrogens is 3. The van der Waals surface area contributed by atoms with Crippen LogP contribution in [0.4, 0.5) is 0 Å². The molecule has 1 aliphatic heterocycles. The molecular formula is C23H27N3O10. The van der Waals surface area contributed by atoms with Gasteiger partial charge in [-0.3, -0.25) is 24.3 Å². The molecule has 0 spiro atoms. The molecule has 0 saturated carbocycles. The van der Waals surface area contributed by atoms with Crippen molar-refractivity contribution in [2.45, 2.75) is 65.3 Å². The zero-order valence-corrected chi connectivity index (χ0v) is 20.4. The first kappa shape index (κ1) is 26.6. The van der Waals surface area contributed by atoms with Gasteiger partial charge in [-0.25, -0.2) is 4.98 Å². The lowest BCUT2D eigenvalue weighted by Gasteiger charge is -2.44. The lowest BCUT2D eigenvalue weighted by atomic mass is 9.98. The summed E-state index contributed by atoms with van der Waals surface area (Å²) in [5, 5.41) is 6.89. The third kappa shape index (κ3) is 6.78. The lowest BCUT2D eigenvalue weighted by Crippen LogP contribution is -2.63. The normalized spacial score (nSPS) is 23.3. The highest BCUT2D eigenvalue weighted by Crippen LogP contribution is 2.34. The van der Waals surface area contributed by atoms with Crippen LogP contribution in [0.15, 0.2) is 24.3 Å². The van der Waals surface area contributed by atoms with Crippen LogP contribution in [0.2, 0.25) is 0 Å². The molecule has 1 aromatic carbocycles. The molecule has 2 heterocycles. The maximum Gasteiger partial charge on any atom is 0.303 e. The van der Waals surface area contributed by atoms with Gasteiger partial charge in [-0.05, 0) is 19.1 Å². The van der Waals surface area contributed by atoms with Gasteiger partial charge in [-0.2, -0.15) is 5.10 Å². The van der Waals surface area contributed by atoms with E-state index in [0.717, 1.165) is 20.8 Å². The summed E-state index contributed by atoms with van der Waals surface area (Å²) < 4.78 is 33.3. The van der Waals surface area contributed by atoms with Crippen LogP contribution in [-0.2, 0) is 42.9 Å². The fourth-order valence-electron chi connectivity index (χ4n) is 3.63. The van der Waals surface area contributed by atoms with Crippen LogP contribution in [0.1, 0.15) is 33.5 Å². The van der Waals surface area contributed by atoms with Gasteiger partial charge in [0, 0.05) is 27.7 Å². The Hall–Kier alpha value is -4.00. The standard InChI is InChI=1S/C23H27N3O10/c1-11-24-22(26-25-11)16-8-6-7-9-17(16)35-23-21(34-15(5)30)20(33-14(4)29)19(32-13(3)28)18(36-23)10-31-12(2)27/h6-9,18-21,23H,10H2,1-5H3,(H,24,25,26)/t18-,19-,20+,21-,23?/m0/s1. The fraction of sp³-hybridized carbons (Fsp3) is 0.478. The van der Waals surface area contributed by atoms with E-state index in [-0.39, 0.29) is 12.4 Å². The van der Waals surface area contributed by atoms with Crippen molar-refractivity contribution >= 4 is 23.9 Å². The number of rotatable bonds is 8. The summed E-state index contributed by atoms with van der Waals surface area (Å²) in [6, 6.07) is 6.78. The van der Waals surface area contributed by atoms with Gasteiger partial charge in [0.2, 0.25) is 12.4 Å². The summed E-state index contributed by atoms with van der Waals surface area (Å²) in [4.78, 5) is 51.6. The van der Waals surface area contributed by atoms with E-state index in [2.05, 4.69) is 15.2 Å². The fourth-order valence-corrected chi connectivity index (χ4v) is 3.63. The molecule has 1 saturated heterocycles. The van der Waals surface area contributed by atoms with Crippen LogP contribution in [0, 0.1) is 6.92 Å². The van der Waals surface area contributed by atoms with Crippen molar-refractivity contribution in [2.75, 3.05) is 6.61 Å². The van der Waals surface area contributed by atoms with E-state index in [4.69, 9.17) is 28.4 Å². The third-order valence-corrected chi connectivity index (χ3v) is 4.92. The second kappa shape index (κ2) is 11.6. The van der Waals surface area contributed by atoms with Crippen LogP contribution < -0.4 is 4.74 Å². The zero-order chi connectivity index (χ0) is 26.4. The average molecular weight is 505 g/mol. The van der Waals surface area contributed by atoms with Crippen LogP contribution in [0.3, 0.4) is 0 Å². The Morgan fingerprint density at radius 1 is 0.889 bits per heavy atom. The van der Waals surface area contributed by atoms with Gasteiger partial charge >= 0.3 is 23.9 Å². The summed E-state index contributed by atoms with van der Waals surface area (Å²) in [5.41, 5.74) is 0.495. The van der Waals surface area contributed by atoms with Gasteiger partial charge in [0.1, 0.15) is 24.3 Å². The Kier molecular flexibility index (Phi) is 8.59. The number of H-pyrrole nitrogens is 1. The van der Waals surface area contributed by atoms with Crippen molar-refractivity contribution in [3.8, 4) is 17.1 Å². The zero-order valence-electron chi connectivity index (χ0n) is 20.4. The summed E-state index contributed by atoms with van der Waals surface area (Å²) in [6.07, 6.45) is -6.47. The minimum absolute atomic E-state index is 0.261. The molecule has 1 aliphatic rings. The number of hydrogen-bond donors (Lipinski definition) is 1. The Labute approximate surface area is 206 Å². The highest BCUT2D eigenvalue weighted by molar-refractivity contribution is 5.69. The predicted molar refractivity (Wildman–Crippen MR) is 119 cm³/mol. The SMILES string of the molecule is CC(=O)OC[C@@H]1OC(Oc2ccccc2-c2n[nH]c(C)n2)[C@@H](OC(C)=O)[C@H](OC(C)=O)[C@H]1OC(C)=O. The molecule has 0 amide bonds. The van der Waals surface area contributed by atoms with Crippen LogP contribution in [0.25, 0.3) is 11.4 Å². The first-order chi connectivity index (χ1) is 17.0. The van der Waals surface area contributed by atoms with Crippen LogP contribution in [0.5, 0.6) is 5.75 Å². The maximum atomic E-state index is 12.0. The third-order valence-electron chi connectivity index (χ3n) is 4.92. The molecule has 1 unspecified atom stereocenters. The van der Waals surface area contributed by atoms with Crippen molar-refractivity contribution in [3.63, 3.8) is 0 Å². The Balaban J connectivity index is 2.03. The van der Waals surface area contributed by atoms with Gasteiger partial charge < -0.3 is 28.4 Å².